The molecule has 3 unspecified atom stereocenters. The van der Waals surface area contributed by atoms with Gasteiger partial charge in [0.1, 0.15) is 0 Å². The van der Waals surface area contributed by atoms with E-state index in [4.69, 9.17) is 9.84 Å². The number of rotatable bonds is 7. The monoisotopic (exact) mass is 188 g/mol. The van der Waals surface area contributed by atoms with E-state index >= 15 is 0 Å². The lowest BCUT2D eigenvalue weighted by atomic mass is 9.95. The minimum Gasteiger partial charge on any atom is -0.396 e. The van der Waals surface area contributed by atoms with E-state index in [2.05, 4.69) is 13.8 Å². The molecule has 0 saturated carbocycles. The SMILES string of the molecule is CCC(C)CCC(OC)C(C)CO. The van der Waals surface area contributed by atoms with Crippen molar-refractivity contribution >= 4 is 0 Å². The molecule has 80 valence electrons. The van der Waals surface area contributed by atoms with Crippen molar-refractivity contribution in [3.8, 4) is 0 Å². The number of aliphatic hydroxyl groups is 1. The Hall–Kier alpha value is -0.0800. The van der Waals surface area contributed by atoms with Crippen molar-refractivity contribution in [3.05, 3.63) is 0 Å². The summed E-state index contributed by atoms with van der Waals surface area (Å²) in [4.78, 5) is 0. The Morgan fingerprint density at radius 3 is 2.23 bits per heavy atom. The fourth-order valence-electron chi connectivity index (χ4n) is 1.41. The van der Waals surface area contributed by atoms with Gasteiger partial charge >= 0.3 is 0 Å². The lowest BCUT2D eigenvalue weighted by molar-refractivity contribution is 0.0243. The van der Waals surface area contributed by atoms with Crippen LogP contribution in [0.2, 0.25) is 0 Å². The summed E-state index contributed by atoms with van der Waals surface area (Å²) in [5.41, 5.74) is 0. The highest BCUT2D eigenvalue weighted by molar-refractivity contribution is 4.66. The van der Waals surface area contributed by atoms with Gasteiger partial charge in [0.05, 0.1) is 6.10 Å². The molecule has 0 bridgehead atoms. The minimum absolute atomic E-state index is 0.221. The molecule has 0 aliphatic heterocycles. The Balaban J connectivity index is 3.71. The zero-order chi connectivity index (χ0) is 10.3. The zero-order valence-corrected chi connectivity index (χ0v) is 9.42. The maximum absolute atomic E-state index is 8.98. The Morgan fingerprint density at radius 2 is 1.85 bits per heavy atom. The van der Waals surface area contributed by atoms with Crippen LogP contribution in [0.5, 0.6) is 0 Å². The van der Waals surface area contributed by atoms with Crippen LogP contribution in [0.25, 0.3) is 0 Å². The first-order chi connectivity index (χ1) is 6.15. The molecule has 0 fully saturated rings. The Morgan fingerprint density at radius 1 is 1.23 bits per heavy atom. The van der Waals surface area contributed by atoms with E-state index in [9.17, 15) is 0 Å². The van der Waals surface area contributed by atoms with Gasteiger partial charge in [0, 0.05) is 19.6 Å². The average Bonchev–Trinajstić information content (AvgIpc) is 2.17. The van der Waals surface area contributed by atoms with E-state index in [1.807, 2.05) is 6.92 Å². The molecular formula is C11H24O2. The lowest BCUT2D eigenvalue weighted by Gasteiger charge is -2.22. The van der Waals surface area contributed by atoms with Crippen LogP contribution >= 0.6 is 0 Å². The van der Waals surface area contributed by atoms with Crippen molar-refractivity contribution < 1.29 is 9.84 Å². The maximum atomic E-state index is 8.98. The molecule has 0 amide bonds. The summed E-state index contributed by atoms with van der Waals surface area (Å²) in [6.45, 7) is 6.72. The quantitative estimate of drug-likeness (QED) is 0.665. The number of aliphatic hydroxyl groups excluding tert-OH is 1. The van der Waals surface area contributed by atoms with E-state index < -0.39 is 0 Å². The molecule has 0 radical (unpaired) electrons. The molecule has 0 aromatic heterocycles. The van der Waals surface area contributed by atoms with Crippen molar-refractivity contribution in [2.45, 2.75) is 46.1 Å². The summed E-state index contributed by atoms with van der Waals surface area (Å²) in [5.74, 6) is 1.03. The standard InChI is InChI=1S/C11H24O2/c1-5-9(2)6-7-11(13-4)10(3)8-12/h9-12H,5-8H2,1-4H3. The molecular weight excluding hydrogens is 164 g/mol. The van der Waals surface area contributed by atoms with Crippen molar-refractivity contribution in [1.29, 1.82) is 0 Å². The molecule has 2 nitrogen and oxygen atoms in total. The van der Waals surface area contributed by atoms with Crippen LogP contribution in [0.1, 0.15) is 40.0 Å². The van der Waals surface area contributed by atoms with Crippen LogP contribution in [0.15, 0.2) is 0 Å². The molecule has 2 heteroatoms. The first kappa shape index (κ1) is 12.9. The molecule has 0 aromatic rings. The van der Waals surface area contributed by atoms with Gasteiger partial charge in [0.25, 0.3) is 0 Å². The summed E-state index contributed by atoms with van der Waals surface area (Å²) in [5, 5.41) is 8.98. The predicted molar refractivity (Wildman–Crippen MR) is 55.7 cm³/mol. The topological polar surface area (TPSA) is 29.5 Å². The number of hydrogen-bond acceptors (Lipinski definition) is 2. The molecule has 0 rings (SSSR count). The maximum Gasteiger partial charge on any atom is 0.0618 e. The molecule has 1 N–H and O–H groups in total. The predicted octanol–water partition coefficient (Wildman–Crippen LogP) is 2.46. The molecule has 3 atom stereocenters. The third-order valence-electron chi connectivity index (χ3n) is 2.87. The Bertz CT molecular complexity index is 115. The van der Waals surface area contributed by atoms with Gasteiger partial charge in [-0.15, -0.1) is 0 Å². The van der Waals surface area contributed by atoms with Crippen LogP contribution in [-0.4, -0.2) is 24.9 Å². The molecule has 13 heavy (non-hydrogen) atoms. The first-order valence-electron chi connectivity index (χ1n) is 5.29. The normalized spacial score (nSPS) is 18.2. The van der Waals surface area contributed by atoms with Crippen LogP contribution in [0, 0.1) is 11.8 Å². The van der Waals surface area contributed by atoms with Gasteiger partial charge in [0.2, 0.25) is 0 Å². The fraction of sp³-hybridized carbons (Fsp3) is 1.00. The van der Waals surface area contributed by atoms with Gasteiger partial charge in [-0.1, -0.05) is 27.2 Å². The highest BCUT2D eigenvalue weighted by Gasteiger charge is 2.16. The van der Waals surface area contributed by atoms with Crippen LogP contribution < -0.4 is 0 Å². The van der Waals surface area contributed by atoms with E-state index in [-0.39, 0.29) is 18.6 Å². The first-order valence-corrected chi connectivity index (χ1v) is 5.29. The molecule has 0 aliphatic rings. The largest absolute Gasteiger partial charge is 0.396 e. The fourth-order valence-corrected chi connectivity index (χ4v) is 1.41. The molecule has 0 aliphatic carbocycles. The van der Waals surface area contributed by atoms with Gasteiger partial charge in [-0.05, 0) is 18.8 Å². The molecule has 0 saturated heterocycles. The third kappa shape index (κ3) is 5.27. The van der Waals surface area contributed by atoms with Crippen molar-refractivity contribution in [1.82, 2.24) is 0 Å². The minimum atomic E-state index is 0.221. The van der Waals surface area contributed by atoms with E-state index in [1.54, 1.807) is 7.11 Å². The van der Waals surface area contributed by atoms with Gasteiger partial charge < -0.3 is 9.84 Å². The van der Waals surface area contributed by atoms with Crippen molar-refractivity contribution in [2.75, 3.05) is 13.7 Å². The highest BCUT2D eigenvalue weighted by Crippen LogP contribution is 2.17. The van der Waals surface area contributed by atoms with Gasteiger partial charge in [-0.2, -0.15) is 0 Å². The third-order valence-corrected chi connectivity index (χ3v) is 2.87. The Labute approximate surface area is 82.3 Å². The number of methoxy groups -OCH3 is 1. The van der Waals surface area contributed by atoms with Gasteiger partial charge in [0.15, 0.2) is 0 Å². The van der Waals surface area contributed by atoms with Crippen molar-refractivity contribution in [3.63, 3.8) is 0 Å². The molecule has 0 heterocycles. The summed E-state index contributed by atoms with van der Waals surface area (Å²) in [6.07, 6.45) is 3.70. The molecule has 0 aromatic carbocycles. The zero-order valence-electron chi connectivity index (χ0n) is 9.42. The summed E-state index contributed by atoms with van der Waals surface area (Å²) in [7, 11) is 1.73. The summed E-state index contributed by atoms with van der Waals surface area (Å²) >= 11 is 0. The second-order valence-corrected chi connectivity index (χ2v) is 4.02. The number of ether oxygens (including phenoxy) is 1. The second-order valence-electron chi connectivity index (χ2n) is 4.02. The van der Waals surface area contributed by atoms with Crippen LogP contribution in [0.3, 0.4) is 0 Å². The Kier molecular flexibility index (Phi) is 7.29. The van der Waals surface area contributed by atoms with E-state index in [0.29, 0.717) is 0 Å². The highest BCUT2D eigenvalue weighted by atomic mass is 16.5. The van der Waals surface area contributed by atoms with E-state index in [0.717, 1.165) is 12.3 Å². The average molecular weight is 188 g/mol. The second kappa shape index (κ2) is 7.34. The van der Waals surface area contributed by atoms with Crippen molar-refractivity contribution in [2.24, 2.45) is 11.8 Å². The van der Waals surface area contributed by atoms with Gasteiger partial charge in [-0.25, -0.2) is 0 Å². The van der Waals surface area contributed by atoms with E-state index in [1.165, 1.54) is 12.8 Å². The summed E-state index contributed by atoms with van der Waals surface area (Å²) in [6, 6.07) is 0. The van der Waals surface area contributed by atoms with Gasteiger partial charge in [-0.3, -0.25) is 0 Å². The molecule has 0 spiro atoms. The summed E-state index contributed by atoms with van der Waals surface area (Å²) < 4.78 is 5.34. The number of hydrogen-bond donors (Lipinski definition) is 1. The smallest absolute Gasteiger partial charge is 0.0618 e. The lowest BCUT2D eigenvalue weighted by Crippen LogP contribution is -2.23. The van der Waals surface area contributed by atoms with Crippen LogP contribution in [0.4, 0.5) is 0 Å². The van der Waals surface area contributed by atoms with Crippen LogP contribution in [-0.2, 0) is 4.74 Å².